The molecular weight excluding hydrogens is 398 g/mol. The predicted molar refractivity (Wildman–Crippen MR) is 91.2 cm³/mol. The number of halogens is 1. The average Bonchev–Trinajstić information content (AvgIpc) is 3.21. The van der Waals surface area contributed by atoms with Crippen molar-refractivity contribution in [1.29, 1.82) is 0 Å². The van der Waals surface area contributed by atoms with E-state index in [2.05, 4.69) is 31.2 Å². The SMILES string of the molecule is O=[N+]([O-])c1ccc(-c2nnc3n2N=C(c2ccc(Br)cc2)CS3)o1. The molecule has 1 aliphatic heterocycles. The van der Waals surface area contributed by atoms with E-state index < -0.39 is 4.92 Å². The van der Waals surface area contributed by atoms with Gasteiger partial charge >= 0.3 is 5.88 Å². The minimum atomic E-state index is -0.595. The van der Waals surface area contributed by atoms with Gasteiger partial charge < -0.3 is 4.42 Å². The van der Waals surface area contributed by atoms with Crippen molar-refractivity contribution >= 4 is 39.3 Å². The van der Waals surface area contributed by atoms with Crippen molar-refractivity contribution < 1.29 is 9.34 Å². The lowest BCUT2D eigenvalue weighted by atomic mass is 10.1. The number of rotatable bonds is 3. The van der Waals surface area contributed by atoms with Crippen LogP contribution in [0.4, 0.5) is 5.88 Å². The van der Waals surface area contributed by atoms with Crippen LogP contribution in [0.25, 0.3) is 11.6 Å². The molecule has 0 spiro atoms. The van der Waals surface area contributed by atoms with Crippen molar-refractivity contribution in [2.45, 2.75) is 5.16 Å². The summed E-state index contributed by atoms with van der Waals surface area (Å²) in [5.74, 6) is 0.905. The van der Waals surface area contributed by atoms with E-state index in [-0.39, 0.29) is 11.6 Å². The number of furan rings is 1. The first-order chi connectivity index (χ1) is 11.6. The first-order valence-electron chi connectivity index (χ1n) is 6.78. The van der Waals surface area contributed by atoms with E-state index in [0.717, 1.165) is 15.7 Å². The number of nitro groups is 1. The van der Waals surface area contributed by atoms with Gasteiger partial charge in [0.25, 0.3) is 0 Å². The molecule has 120 valence electrons. The Morgan fingerprint density at radius 1 is 1.21 bits per heavy atom. The van der Waals surface area contributed by atoms with Crippen LogP contribution in [0.1, 0.15) is 5.56 Å². The highest BCUT2D eigenvalue weighted by Crippen LogP contribution is 2.30. The highest BCUT2D eigenvalue weighted by atomic mass is 79.9. The summed E-state index contributed by atoms with van der Waals surface area (Å²) in [6.07, 6.45) is 0. The van der Waals surface area contributed by atoms with E-state index in [4.69, 9.17) is 4.42 Å². The van der Waals surface area contributed by atoms with Crippen LogP contribution in [0.5, 0.6) is 0 Å². The lowest BCUT2D eigenvalue weighted by Crippen LogP contribution is -2.13. The summed E-state index contributed by atoms with van der Waals surface area (Å²) in [5.41, 5.74) is 1.85. The zero-order chi connectivity index (χ0) is 16.7. The highest BCUT2D eigenvalue weighted by molar-refractivity contribution is 9.10. The summed E-state index contributed by atoms with van der Waals surface area (Å²) in [5, 5.41) is 24.1. The van der Waals surface area contributed by atoms with Crippen molar-refractivity contribution in [1.82, 2.24) is 14.9 Å². The first-order valence-corrected chi connectivity index (χ1v) is 8.56. The smallest absolute Gasteiger partial charge is 0.397 e. The van der Waals surface area contributed by atoms with E-state index in [0.29, 0.717) is 16.7 Å². The minimum Gasteiger partial charge on any atom is -0.397 e. The Morgan fingerprint density at radius 2 is 2.00 bits per heavy atom. The van der Waals surface area contributed by atoms with Crippen molar-refractivity contribution in [2.75, 3.05) is 5.75 Å². The Bertz CT molecular complexity index is 963. The second-order valence-corrected chi connectivity index (χ2v) is 6.71. The lowest BCUT2D eigenvalue weighted by Gasteiger charge is -2.13. The summed E-state index contributed by atoms with van der Waals surface area (Å²) < 4.78 is 7.74. The van der Waals surface area contributed by atoms with Crippen LogP contribution in [0.15, 0.2) is 55.5 Å². The molecule has 3 heterocycles. The molecule has 0 atom stereocenters. The normalized spacial score (nSPS) is 13.5. The molecule has 4 rings (SSSR count). The zero-order valence-electron chi connectivity index (χ0n) is 11.9. The van der Waals surface area contributed by atoms with Crippen LogP contribution < -0.4 is 0 Å². The van der Waals surface area contributed by atoms with E-state index in [1.54, 1.807) is 4.68 Å². The molecule has 0 N–H and O–H groups in total. The van der Waals surface area contributed by atoms with Gasteiger partial charge in [-0.15, -0.1) is 10.2 Å². The third-order valence-corrected chi connectivity index (χ3v) is 4.80. The number of aromatic nitrogens is 3. The zero-order valence-corrected chi connectivity index (χ0v) is 14.3. The number of thioether (sulfide) groups is 1. The van der Waals surface area contributed by atoms with Crippen molar-refractivity contribution in [2.24, 2.45) is 5.10 Å². The molecule has 24 heavy (non-hydrogen) atoms. The summed E-state index contributed by atoms with van der Waals surface area (Å²) >= 11 is 4.90. The highest BCUT2D eigenvalue weighted by Gasteiger charge is 2.24. The lowest BCUT2D eigenvalue weighted by molar-refractivity contribution is -0.401. The van der Waals surface area contributed by atoms with Gasteiger partial charge in [0.15, 0.2) is 5.76 Å². The molecule has 0 unspecified atom stereocenters. The van der Waals surface area contributed by atoms with Gasteiger partial charge in [0, 0.05) is 10.2 Å². The van der Waals surface area contributed by atoms with Crippen molar-refractivity contribution in [3.8, 4) is 11.6 Å². The Hall–Kier alpha value is -2.46. The number of hydrogen-bond donors (Lipinski definition) is 0. The Morgan fingerprint density at radius 3 is 2.71 bits per heavy atom. The third kappa shape index (κ3) is 2.63. The number of hydrogen-bond acceptors (Lipinski definition) is 7. The van der Waals surface area contributed by atoms with E-state index in [9.17, 15) is 10.1 Å². The van der Waals surface area contributed by atoms with Gasteiger partial charge in [0.05, 0.1) is 11.8 Å². The Kier molecular flexibility index (Phi) is 3.69. The molecule has 0 saturated carbocycles. The van der Waals surface area contributed by atoms with Gasteiger partial charge in [0.1, 0.15) is 4.92 Å². The largest absolute Gasteiger partial charge is 0.433 e. The monoisotopic (exact) mass is 405 g/mol. The second-order valence-electron chi connectivity index (χ2n) is 4.86. The first kappa shape index (κ1) is 15.1. The molecular formula is C14H8BrN5O3S. The maximum absolute atomic E-state index is 10.8. The molecule has 2 aromatic heterocycles. The fourth-order valence-corrected chi connectivity index (χ4v) is 3.31. The molecule has 1 aromatic carbocycles. The molecule has 8 nitrogen and oxygen atoms in total. The van der Waals surface area contributed by atoms with E-state index >= 15 is 0 Å². The van der Waals surface area contributed by atoms with Crippen molar-refractivity contribution in [3.05, 3.63) is 56.5 Å². The number of benzene rings is 1. The molecule has 1 aliphatic rings. The van der Waals surface area contributed by atoms with Crippen LogP contribution in [0, 0.1) is 10.1 Å². The molecule has 0 fully saturated rings. The minimum absolute atomic E-state index is 0.252. The fourth-order valence-electron chi connectivity index (χ4n) is 2.21. The molecule has 0 saturated heterocycles. The maximum Gasteiger partial charge on any atom is 0.433 e. The van der Waals surface area contributed by atoms with Crippen LogP contribution >= 0.6 is 27.7 Å². The molecule has 0 aliphatic carbocycles. The third-order valence-electron chi connectivity index (χ3n) is 3.34. The van der Waals surface area contributed by atoms with Crippen LogP contribution in [-0.2, 0) is 0 Å². The van der Waals surface area contributed by atoms with E-state index in [1.807, 2.05) is 24.3 Å². The summed E-state index contributed by atoms with van der Waals surface area (Å²) in [4.78, 5) is 10.2. The van der Waals surface area contributed by atoms with Gasteiger partial charge in [-0.1, -0.05) is 39.8 Å². The molecule has 0 bridgehead atoms. The van der Waals surface area contributed by atoms with Gasteiger partial charge in [-0.3, -0.25) is 10.1 Å². The Labute approximate surface area is 147 Å². The topological polar surface area (TPSA) is 99.3 Å². The number of fused-ring (bicyclic) bond motifs is 1. The summed E-state index contributed by atoms with van der Waals surface area (Å²) in [6, 6.07) is 10.6. The van der Waals surface area contributed by atoms with Gasteiger partial charge in [-0.2, -0.15) is 9.78 Å². The second kappa shape index (κ2) is 5.87. The van der Waals surface area contributed by atoms with Gasteiger partial charge in [0.2, 0.25) is 11.0 Å². The fraction of sp³-hybridized carbons (Fsp3) is 0.0714. The molecule has 0 radical (unpaired) electrons. The van der Waals surface area contributed by atoms with Crippen LogP contribution in [0.3, 0.4) is 0 Å². The predicted octanol–water partition coefficient (Wildman–Crippen LogP) is 3.57. The average molecular weight is 406 g/mol. The van der Waals surface area contributed by atoms with Gasteiger partial charge in [-0.05, 0) is 23.8 Å². The maximum atomic E-state index is 10.8. The van der Waals surface area contributed by atoms with E-state index in [1.165, 1.54) is 23.9 Å². The summed E-state index contributed by atoms with van der Waals surface area (Å²) in [6.45, 7) is 0. The van der Waals surface area contributed by atoms with Crippen molar-refractivity contribution in [3.63, 3.8) is 0 Å². The number of nitrogens with zero attached hydrogens (tertiary/aromatic N) is 5. The van der Waals surface area contributed by atoms with Gasteiger partial charge in [-0.25, -0.2) is 0 Å². The van der Waals surface area contributed by atoms with Crippen LogP contribution in [-0.4, -0.2) is 31.3 Å². The Balaban J connectivity index is 1.76. The molecule has 10 heteroatoms. The molecule has 3 aromatic rings. The summed E-state index contributed by atoms with van der Waals surface area (Å²) in [7, 11) is 0. The quantitative estimate of drug-likeness (QED) is 0.487. The van der Waals surface area contributed by atoms with Crippen LogP contribution in [0.2, 0.25) is 0 Å². The standard InChI is InChI=1S/C14H8BrN5O3S/c15-9-3-1-8(2-4-9)10-7-24-14-17-16-13(19(14)18-10)11-5-6-12(23-11)20(21)22/h1-6H,7H2. The molecule has 0 amide bonds.